The number of hydrogen-bond donors (Lipinski definition) is 2. The molecule has 0 unspecified atom stereocenters. The zero-order valence-electron chi connectivity index (χ0n) is 15.4. The Kier molecular flexibility index (Phi) is 5.76. The molecule has 2 N–H and O–H groups in total. The van der Waals surface area contributed by atoms with E-state index in [-0.39, 0.29) is 22.8 Å². The van der Waals surface area contributed by atoms with Crippen LogP contribution < -0.4 is 15.6 Å². The van der Waals surface area contributed by atoms with Crippen molar-refractivity contribution in [3.63, 3.8) is 0 Å². The largest absolute Gasteiger partial charge is 0.494 e. The van der Waals surface area contributed by atoms with Crippen LogP contribution in [0.5, 0.6) is 5.75 Å². The molecule has 1 aliphatic heterocycles. The van der Waals surface area contributed by atoms with E-state index in [1.807, 2.05) is 35.9 Å². The Morgan fingerprint density at radius 1 is 1.23 bits per heavy atom. The highest BCUT2D eigenvalue weighted by Gasteiger charge is 2.33. The van der Waals surface area contributed by atoms with Crippen LogP contribution >= 0.6 is 11.8 Å². The van der Waals surface area contributed by atoms with Gasteiger partial charge < -0.3 is 10.1 Å². The molecule has 26 heavy (non-hydrogen) atoms. The third kappa shape index (κ3) is 3.40. The van der Waals surface area contributed by atoms with E-state index in [4.69, 9.17) is 4.74 Å². The van der Waals surface area contributed by atoms with Crippen molar-refractivity contribution >= 4 is 23.5 Å². The molecule has 2 aromatic rings. The summed E-state index contributed by atoms with van der Waals surface area (Å²) in [6, 6.07) is 7.86. The number of hydrogen-bond acceptors (Lipinski definition) is 4. The first kappa shape index (κ1) is 18.6. The second-order valence-corrected chi connectivity index (χ2v) is 7.35. The van der Waals surface area contributed by atoms with Crippen molar-refractivity contribution in [3.05, 3.63) is 45.7 Å². The summed E-state index contributed by atoms with van der Waals surface area (Å²) in [4.78, 5) is 25.2. The van der Waals surface area contributed by atoms with Crippen LogP contribution in [0, 0.1) is 0 Å². The first-order chi connectivity index (χ1) is 12.6. The molecule has 0 saturated carbocycles. The number of aromatic amines is 1. The summed E-state index contributed by atoms with van der Waals surface area (Å²) in [5.74, 6) is 1.55. The molecular formula is C19H25N3O3S. The molecular weight excluding hydrogens is 350 g/mol. The molecule has 1 aliphatic rings. The number of rotatable bonds is 6. The Labute approximate surface area is 157 Å². The lowest BCUT2D eigenvalue weighted by Gasteiger charge is -2.19. The van der Waals surface area contributed by atoms with Crippen molar-refractivity contribution in [2.45, 2.75) is 44.9 Å². The average molecular weight is 375 g/mol. The van der Waals surface area contributed by atoms with Gasteiger partial charge in [0.25, 0.3) is 5.56 Å². The van der Waals surface area contributed by atoms with E-state index in [2.05, 4.69) is 24.3 Å². The highest BCUT2D eigenvalue weighted by molar-refractivity contribution is 8.00. The number of aromatic nitrogens is 2. The molecule has 1 aromatic carbocycles. The maximum absolute atomic E-state index is 12.9. The number of anilines is 1. The van der Waals surface area contributed by atoms with Crippen LogP contribution in [0.4, 0.5) is 5.82 Å². The van der Waals surface area contributed by atoms with Crippen LogP contribution in [0.3, 0.4) is 0 Å². The lowest BCUT2D eigenvalue weighted by molar-refractivity contribution is -0.113. The van der Waals surface area contributed by atoms with Crippen molar-refractivity contribution in [3.8, 4) is 5.75 Å². The molecule has 0 bridgehead atoms. The zero-order chi connectivity index (χ0) is 18.7. The van der Waals surface area contributed by atoms with Gasteiger partial charge >= 0.3 is 0 Å². The summed E-state index contributed by atoms with van der Waals surface area (Å²) < 4.78 is 7.60. The summed E-state index contributed by atoms with van der Waals surface area (Å²) in [6.45, 7) is 6.63. The molecule has 0 saturated heterocycles. The predicted octanol–water partition coefficient (Wildman–Crippen LogP) is 3.71. The van der Waals surface area contributed by atoms with Crippen molar-refractivity contribution in [2.24, 2.45) is 0 Å². The SMILES string of the molecule is CCOc1ccccc1[C@@H]1SCC(=O)Nc2c1c(=O)[nH]n2C(CC)CC. The zero-order valence-corrected chi connectivity index (χ0v) is 16.2. The van der Waals surface area contributed by atoms with Gasteiger partial charge in [0.05, 0.1) is 29.2 Å². The molecule has 7 heteroatoms. The van der Waals surface area contributed by atoms with Crippen molar-refractivity contribution in [2.75, 3.05) is 17.7 Å². The lowest BCUT2D eigenvalue weighted by atomic mass is 10.0. The van der Waals surface area contributed by atoms with Gasteiger partial charge in [-0.15, -0.1) is 11.8 Å². The fraction of sp³-hybridized carbons (Fsp3) is 0.474. The van der Waals surface area contributed by atoms with Gasteiger partial charge in [0.1, 0.15) is 11.6 Å². The number of nitrogens with zero attached hydrogens (tertiary/aromatic N) is 1. The second kappa shape index (κ2) is 8.03. The summed E-state index contributed by atoms with van der Waals surface area (Å²) in [6.07, 6.45) is 1.74. The normalized spacial score (nSPS) is 16.9. The van der Waals surface area contributed by atoms with Gasteiger partial charge in [-0.3, -0.25) is 19.4 Å². The van der Waals surface area contributed by atoms with Crippen LogP contribution in [-0.4, -0.2) is 28.0 Å². The Balaban J connectivity index is 2.17. The van der Waals surface area contributed by atoms with E-state index in [1.165, 1.54) is 11.8 Å². The first-order valence-corrected chi connectivity index (χ1v) is 10.1. The monoisotopic (exact) mass is 375 g/mol. The molecule has 0 radical (unpaired) electrons. The van der Waals surface area contributed by atoms with Crippen LogP contribution in [-0.2, 0) is 4.79 Å². The van der Waals surface area contributed by atoms with Crippen molar-refractivity contribution in [1.29, 1.82) is 0 Å². The molecule has 0 fully saturated rings. The maximum Gasteiger partial charge on any atom is 0.270 e. The van der Waals surface area contributed by atoms with E-state index in [0.717, 1.165) is 24.2 Å². The fourth-order valence-electron chi connectivity index (χ4n) is 3.40. The number of thioether (sulfide) groups is 1. The number of carbonyl (C=O) groups excluding carboxylic acids is 1. The number of carbonyl (C=O) groups is 1. The summed E-state index contributed by atoms with van der Waals surface area (Å²) >= 11 is 1.46. The highest BCUT2D eigenvalue weighted by atomic mass is 32.2. The topological polar surface area (TPSA) is 76.1 Å². The van der Waals surface area contributed by atoms with Crippen LogP contribution in [0.15, 0.2) is 29.1 Å². The number of amides is 1. The minimum absolute atomic E-state index is 0.0913. The van der Waals surface area contributed by atoms with Gasteiger partial charge in [0.2, 0.25) is 5.91 Å². The molecule has 3 rings (SSSR count). The van der Waals surface area contributed by atoms with Crippen molar-refractivity contribution < 1.29 is 9.53 Å². The van der Waals surface area contributed by atoms with Crippen LogP contribution in [0.2, 0.25) is 0 Å². The number of H-pyrrole nitrogens is 1. The first-order valence-electron chi connectivity index (χ1n) is 9.08. The standard InChI is InChI=1S/C19H25N3O3S/c1-4-12(5-2)22-18-16(19(24)21-22)17(26-11-15(23)20-18)13-9-7-8-10-14(13)25-6-3/h7-10,12,17H,4-6,11H2,1-3H3,(H,20,23)(H,21,24)/t17-/m0/s1. The summed E-state index contributed by atoms with van der Waals surface area (Å²) in [5, 5.41) is 5.63. The average Bonchev–Trinajstić information content (AvgIpc) is 2.84. The number of nitrogens with one attached hydrogen (secondary N) is 2. The minimum Gasteiger partial charge on any atom is -0.494 e. The molecule has 1 atom stereocenters. The summed E-state index contributed by atoms with van der Waals surface area (Å²) in [5.41, 5.74) is 1.36. The van der Waals surface area contributed by atoms with Gasteiger partial charge in [0.15, 0.2) is 0 Å². The van der Waals surface area contributed by atoms with E-state index in [9.17, 15) is 9.59 Å². The van der Waals surface area contributed by atoms with E-state index in [0.29, 0.717) is 23.7 Å². The van der Waals surface area contributed by atoms with Gasteiger partial charge in [-0.05, 0) is 25.8 Å². The third-order valence-electron chi connectivity index (χ3n) is 4.67. The Hall–Kier alpha value is -2.15. The van der Waals surface area contributed by atoms with Crippen LogP contribution in [0.1, 0.15) is 56.0 Å². The van der Waals surface area contributed by atoms with Gasteiger partial charge in [-0.25, -0.2) is 0 Å². The quantitative estimate of drug-likeness (QED) is 0.807. The molecule has 2 heterocycles. The molecule has 0 spiro atoms. The number of ether oxygens (including phenoxy) is 1. The van der Waals surface area contributed by atoms with Gasteiger partial charge in [0, 0.05) is 5.56 Å². The van der Waals surface area contributed by atoms with Crippen molar-refractivity contribution in [1.82, 2.24) is 9.78 Å². The maximum atomic E-state index is 12.9. The molecule has 1 aromatic heterocycles. The Morgan fingerprint density at radius 3 is 2.65 bits per heavy atom. The van der Waals surface area contributed by atoms with E-state index < -0.39 is 0 Å². The number of para-hydroxylation sites is 1. The van der Waals surface area contributed by atoms with E-state index in [1.54, 1.807) is 0 Å². The number of benzene rings is 1. The lowest BCUT2D eigenvalue weighted by Crippen LogP contribution is -2.19. The molecule has 1 amide bonds. The summed E-state index contributed by atoms with van der Waals surface area (Å²) in [7, 11) is 0. The minimum atomic E-state index is -0.258. The molecule has 140 valence electrons. The highest BCUT2D eigenvalue weighted by Crippen LogP contribution is 2.43. The number of fused-ring (bicyclic) bond motifs is 1. The predicted molar refractivity (Wildman–Crippen MR) is 105 cm³/mol. The Bertz CT molecular complexity index is 839. The van der Waals surface area contributed by atoms with E-state index >= 15 is 0 Å². The Morgan fingerprint density at radius 2 is 1.96 bits per heavy atom. The molecule has 6 nitrogen and oxygen atoms in total. The van der Waals surface area contributed by atoms with Crippen LogP contribution in [0.25, 0.3) is 0 Å². The van der Waals surface area contributed by atoms with Gasteiger partial charge in [-0.2, -0.15) is 0 Å². The second-order valence-electron chi connectivity index (χ2n) is 6.25. The fourth-order valence-corrected chi connectivity index (χ4v) is 4.55. The molecule has 0 aliphatic carbocycles. The third-order valence-corrected chi connectivity index (χ3v) is 5.92. The van der Waals surface area contributed by atoms with Gasteiger partial charge in [-0.1, -0.05) is 32.0 Å². The smallest absolute Gasteiger partial charge is 0.270 e.